The van der Waals surface area contributed by atoms with Crippen molar-refractivity contribution in [2.45, 2.75) is 57.8 Å². The van der Waals surface area contributed by atoms with Crippen LogP contribution in [0, 0.1) is 0 Å². The molecule has 5 rings (SSSR count). The normalized spacial score (nSPS) is 21.4. The zero-order chi connectivity index (χ0) is 24.3. The topological polar surface area (TPSA) is 121 Å². The van der Waals surface area contributed by atoms with Gasteiger partial charge in [0.2, 0.25) is 5.88 Å². The van der Waals surface area contributed by atoms with Crippen LogP contribution in [-0.4, -0.2) is 45.8 Å². The van der Waals surface area contributed by atoms with Gasteiger partial charge >= 0.3 is 5.97 Å². The zero-order valence-corrected chi connectivity index (χ0v) is 20.0. The smallest absolute Gasteiger partial charge is 0.340 e. The molecule has 2 aliphatic heterocycles. The first-order valence-electron chi connectivity index (χ1n) is 11.4. The van der Waals surface area contributed by atoms with E-state index in [-0.39, 0.29) is 18.0 Å². The molecule has 1 fully saturated rings. The molecule has 3 aromatic heterocycles. The Balaban J connectivity index is 1.53. The summed E-state index contributed by atoms with van der Waals surface area (Å²) in [5, 5.41) is 4.94. The van der Waals surface area contributed by atoms with Crippen molar-refractivity contribution < 1.29 is 19.0 Å². The molecule has 0 saturated carbocycles. The molecule has 1 saturated heterocycles. The molecule has 178 valence electrons. The largest absolute Gasteiger partial charge is 0.466 e. The number of cyclic esters (lactones) is 1. The highest BCUT2D eigenvalue weighted by Gasteiger charge is 2.37. The standard InChI is InChI=1S/C25H29N5O4/c1-13-14(2)33-23(31)15-6-7-19(30-21(13)15)29-20-8-16-17(9-27-20)22(34-25(5)11-32-12-25)28-10-18(16)24(3,4)26/h6-10,13-14H,11-12,26H2,1-5H3,(H,27,29,30)/t13-,14-/m0/s1. The summed E-state index contributed by atoms with van der Waals surface area (Å²) < 4.78 is 16.9. The summed E-state index contributed by atoms with van der Waals surface area (Å²) in [5.74, 6) is 1.34. The molecule has 5 heterocycles. The van der Waals surface area contributed by atoms with E-state index in [2.05, 4.69) is 15.3 Å². The zero-order valence-electron chi connectivity index (χ0n) is 20.0. The summed E-state index contributed by atoms with van der Waals surface area (Å²) in [6.07, 6.45) is 3.26. The number of nitrogens with one attached hydrogen (secondary N) is 1. The monoisotopic (exact) mass is 463 g/mol. The number of hydrogen-bond donors (Lipinski definition) is 2. The van der Waals surface area contributed by atoms with E-state index in [0.717, 1.165) is 16.3 Å². The number of carbonyl (C=O) groups excluding carboxylic acids is 1. The maximum Gasteiger partial charge on any atom is 0.340 e. The first kappa shape index (κ1) is 22.5. The van der Waals surface area contributed by atoms with Gasteiger partial charge in [-0.05, 0) is 56.8 Å². The number of nitrogens with two attached hydrogens (primary N) is 1. The van der Waals surface area contributed by atoms with Crippen LogP contribution < -0.4 is 15.8 Å². The molecule has 0 spiro atoms. The molecule has 9 nitrogen and oxygen atoms in total. The Morgan fingerprint density at radius 1 is 1.15 bits per heavy atom. The van der Waals surface area contributed by atoms with Crippen molar-refractivity contribution in [3.05, 3.63) is 47.4 Å². The van der Waals surface area contributed by atoms with E-state index in [9.17, 15) is 4.79 Å². The minimum atomic E-state index is -0.623. The number of carbonyl (C=O) groups is 1. The molecule has 3 N–H and O–H groups in total. The Kier molecular flexibility index (Phi) is 5.22. The van der Waals surface area contributed by atoms with Crippen LogP contribution in [-0.2, 0) is 15.0 Å². The number of anilines is 2. The third kappa shape index (κ3) is 3.95. The molecule has 3 aromatic rings. The molecule has 2 aliphatic rings. The lowest BCUT2D eigenvalue weighted by Gasteiger charge is -2.38. The number of nitrogens with zero attached hydrogens (tertiary/aromatic N) is 3. The Hall–Kier alpha value is -3.30. The molecule has 0 unspecified atom stereocenters. The summed E-state index contributed by atoms with van der Waals surface area (Å²) in [6, 6.07) is 5.41. The van der Waals surface area contributed by atoms with Gasteiger partial charge in [0.25, 0.3) is 0 Å². The van der Waals surface area contributed by atoms with Crippen molar-refractivity contribution >= 4 is 28.4 Å². The fourth-order valence-electron chi connectivity index (χ4n) is 4.21. The lowest BCUT2D eigenvalue weighted by Crippen LogP contribution is -2.51. The van der Waals surface area contributed by atoms with Gasteiger partial charge in [-0.3, -0.25) is 0 Å². The quantitative estimate of drug-likeness (QED) is 0.544. The molecular formula is C25H29N5O4. The van der Waals surface area contributed by atoms with E-state index in [0.29, 0.717) is 42.0 Å². The fourth-order valence-corrected chi connectivity index (χ4v) is 4.21. The van der Waals surface area contributed by atoms with Gasteiger partial charge < -0.3 is 25.3 Å². The molecule has 0 aromatic carbocycles. The maximum absolute atomic E-state index is 12.2. The van der Waals surface area contributed by atoms with Crippen molar-refractivity contribution in [1.82, 2.24) is 15.0 Å². The highest BCUT2D eigenvalue weighted by Crippen LogP contribution is 2.36. The van der Waals surface area contributed by atoms with Gasteiger partial charge in [-0.25, -0.2) is 19.7 Å². The number of esters is 1. The van der Waals surface area contributed by atoms with Gasteiger partial charge in [0.05, 0.1) is 29.9 Å². The van der Waals surface area contributed by atoms with Crippen LogP contribution in [0.5, 0.6) is 5.88 Å². The number of ether oxygens (including phenoxy) is 3. The third-order valence-electron chi connectivity index (χ3n) is 6.42. The van der Waals surface area contributed by atoms with E-state index >= 15 is 0 Å². The molecule has 0 radical (unpaired) electrons. The molecule has 0 amide bonds. The molecule has 34 heavy (non-hydrogen) atoms. The number of hydrogen-bond acceptors (Lipinski definition) is 9. The third-order valence-corrected chi connectivity index (χ3v) is 6.42. The van der Waals surface area contributed by atoms with Crippen LogP contribution in [0.25, 0.3) is 10.8 Å². The van der Waals surface area contributed by atoms with Gasteiger partial charge in [-0.15, -0.1) is 0 Å². The van der Waals surface area contributed by atoms with E-state index in [1.807, 2.05) is 40.7 Å². The Bertz CT molecular complexity index is 1280. The number of rotatable bonds is 5. The number of aromatic nitrogens is 3. The molecule has 0 aliphatic carbocycles. The highest BCUT2D eigenvalue weighted by atomic mass is 16.6. The van der Waals surface area contributed by atoms with E-state index in [4.69, 9.17) is 24.9 Å². The van der Waals surface area contributed by atoms with Crippen molar-refractivity contribution in [1.29, 1.82) is 0 Å². The van der Waals surface area contributed by atoms with Crippen LogP contribution in [0.2, 0.25) is 0 Å². The summed E-state index contributed by atoms with van der Waals surface area (Å²) in [5.41, 5.74) is 7.52. The second kappa shape index (κ2) is 7.89. The van der Waals surface area contributed by atoms with E-state index in [1.165, 1.54) is 0 Å². The highest BCUT2D eigenvalue weighted by molar-refractivity contribution is 5.93. The molecular weight excluding hydrogens is 434 g/mol. The van der Waals surface area contributed by atoms with Crippen molar-refractivity contribution in [2.75, 3.05) is 18.5 Å². The summed E-state index contributed by atoms with van der Waals surface area (Å²) >= 11 is 0. The van der Waals surface area contributed by atoms with Crippen molar-refractivity contribution in [2.24, 2.45) is 5.73 Å². The minimum Gasteiger partial charge on any atom is -0.466 e. The molecule has 0 bridgehead atoms. The predicted octanol–water partition coefficient (Wildman–Crippen LogP) is 3.79. The summed E-state index contributed by atoms with van der Waals surface area (Å²) in [4.78, 5) is 26.0. The maximum atomic E-state index is 12.2. The molecule has 2 atom stereocenters. The molecule has 9 heteroatoms. The average molecular weight is 464 g/mol. The second-order valence-electron chi connectivity index (χ2n) is 10.0. The SMILES string of the molecule is C[C@@H]1OC(=O)c2ccc(Nc3cc4c(C(C)(C)N)cnc(OC5(C)COC5)c4cn3)nc2[C@H]1C. The lowest BCUT2D eigenvalue weighted by atomic mass is 9.93. The van der Waals surface area contributed by atoms with Gasteiger partial charge in [-0.2, -0.15) is 0 Å². The second-order valence-corrected chi connectivity index (χ2v) is 10.0. The first-order chi connectivity index (χ1) is 16.0. The average Bonchev–Trinajstić information content (AvgIpc) is 2.75. The van der Waals surface area contributed by atoms with Crippen LogP contribution >= 0.6 is 0 Å². The Morgan fingerprint density at radius 2 is 1.91 bits per heavy atom. The van der Waals surface area contributed by atoms with Crippen LogP contribution in [0.1, 0.15) is 62.2 Å². The number of fused-ring (bicyclic) bond motifs is 2. The lowest BCUT2D eigenvalue weighted by molar-refractivity contribution is -0.150. The van der Waals surface area contributed by atoms with E-state index < -0.39 is 11.1 Å². The van der Waals surface area contributed by atoms with Crippen LogP contribution in [0.3, 0.4) is 0 Å². The van der Waals surface area contributed by atoms with Crippen LogP contribution in [0.4, 0.5) is 11.6 Å². The van der Waals surface area contributed by atoms with Crippen molar-refractivity contribution in [3.63, 3.8) is 0 Å². The van der Waals surface area contributed by atoms with Gasteiger partial charge in [0, 0.05) is 23.9 Å². The number of pyridine rings is 3. The minimum absolute atomic E-state index is 0.00807. The summed E-state index contributed by atoms with van der Waals surface area (Å²) in [7, 11) is 0. The van der Waals surface area contributed by atoms with E-state index in [1.54, 1.807) is 24.5 Å². The predicted molar refractivity (Wildman–Crippen MR) is 127 cm³/mol. The first-order valence-corrected chi connectivity index (χ1v) is 11.4. The Morgan fingerprint density at radius 3 is 2.59 bits per heavy atom. The van der Waals surface area contributed by atoms with Crippen LogP contribution in [0.15, 0.2) is 30.6 Å². The summed E-state index contributed by atoms with van der Waals surface area (Å²) in [6.45, 7) is 10.8. The van der Waals surface area contributed by atoms with Crippen molar-refractivity contribution in [3.8, 4) is 5.88 Å². The Labute approximate surface area is 198 Å². The fraction of sp³-hybridized carbons (Fsp3) is 0.440. The van der Waals surface area contributed by atoms with Gasteiger partial charge in [-0.1, -0.05) is 6.92 Å². The van der Waals surface area contributed by atoms with Gasteiger partial charge in [0.1, 0.15) is 17.7 Å². The van der Waals surface area contributed by atoms with Gasteiger partial charge in [0.15, 0.2) is 5.60 Å².